The first-order valence-corrected chi connectivity index (χ1v) is 8.37. The van der Waals surface area contributed by atoms with Gasteiger partial charge in [-0.25, -0.2) is 0 Å². The van der Waals surface area contributed by atoms with Crippen molar-refractivity contribution in [2.75, 3.05) is 0 Å². The first-order valence-electron chi connectivity index (χ1n) is 7.99. The summed E-state index contributed by atoms with van der Waals surface area (Å²) in [5.74, 6) is -0.0117. The maximum atomic E-state index is 12.5. The molecule has 2 aromatic carbocycles. The fourth-order valence-corrected chi connectivity index (χ4v) is 2.87. The molecule has 0 aliphatic carbocycles. The van der Waals surface area contributed by atoms with Crippen LogP contribution in [0.15, 0.2) is 60.8 Å². The fraction of sp³-hybridized carbons (Fsp3) is 0.143. The van der Waals surface area contributed by atoms with E-state index in [1.165, 1.54) is 0 Å². The van der Waals surface area contributed by atoms with Crippen LogP contribution in [0.25, 0.3) is 0 Å². The normalized spacial score (nSPS) is 10.4. The Labute approximate surface area is 152 Å². The molecule has 0 atom stereocenters. The van der Waals surface area contributed by atoms with Gasteiger partial charge in [0.25, 0.3) is 0 Å². The highest BCUT2D eigenvalue weighted by molar-refractivity contribution is 6.30. The van der Waals surface area contributed by atoms with Gasteiger partial charge < -0.3 is 4.57 Å². The lowest BCUT2D eigenvalue weighted by atomic mass is 10.1. The number of ketones is 1. The van der Waals surface area contributed by atoms with Gasteiger partial charge in [0.1, 0.15) is 11.8 Å². The van der Waals surface area contributed by atoms with Gasteiger partial charge in [0.2, 0.25) is 0 Å². The van der Waals surface area contributed by atoms with Gasteiger partial charge in [-0.3, -0.25) is 4.79 Å². The van der Waals surface area contributed by atoms with E-state index >= 15 is 0 Å². The summed E-state index contributed by atoms with van der Waals surface area (Å²) in [5, 5.41) is 10.0. The van der Waals surface area contributed by atoms with Crippen LogP contribution in [-0.2, 0) is 13.0 Å². The molecule has 0 N–H and O–H groups in total. The first-order chi connectivity index (χ1) is 12.1. The third kappa shape index (κ3) is 3.99. The van der Waals surface area contributed by atoms with Gasteiger partial charge >= 0.3 is 0 Å². The van der Waals surface area contributed by atoms with Crippen molar-refractivity contribution in [2.24, 2.45) is 0 Å². The summed E-state index contributed by atoms with van der Waals surface area (Å²) in [6, 6.07) is 19.1. The smallest absolute Gasteiger partial charge is 0.168 e. The molecule has 124 valence electrons. The molecular formula is C21H17ClN2O. The Bertz CT molecular complexity index is 949. The molecule has 0 aliphatic rings. The van der Waals surface area contributed by atoms with Gasteiger partial charge in [-0.05, 0) is 41.8 Å². The largest absolute Gasteiger partial charge is 0.334 e. The van der Waals surface area contributed by atoms with Crippen LogP contribution in [0.2, 0.25) is 5.02 Å². The lowest BCUT2D eigenvalue weighted by Crippen LogP contribution is -2.04. The average Bonchev–Trinajstić information content (AvgIpc) is 3.02. The van der Waals surface area contributed by atoms with Gasteiger partial charge in [0.15, 0.2) is 5.78 Å². The van der Waals surface area contributed by atoms with Gasteiger partial charge in [-0.2, -0.15) is 5.26 Å². The Hall–Kier alpha value is -2.83. The van der Waals surface area contributed by atoms with Gasteiger partial charge in [0, 0.05) is 29.7 Å². The van der Waals surface area contributed by atoms with Crippen LogP contribution in [-0.4, -0.2) is 10.4 Å². The van der Waals surface area contributed by atoms with Crippen molar-refractivity contribution in [3.05, 3.63) is 93.8 Å². The van der Waals surface area contributed by atoms with Crippen LogP contribution in [0.1, 0.15) is 32.7 Å². The first kappa shape index (κ1) is 17.0. The summed E-state index contributed by atoms with van der Waals surface area (Å²) >= 11 is 5.87. The molecule has 25 heavy (non-hydrogen) atoms. The molecule has 1 aromatic heterocycles. The van der Waals surface area contributed by atoms with E-state index in [4.69, 9.17) is 11.6 Å². The summed E-state index contributed by atoms with van der Waals surface area (Å²) in [6.45, 7) is 2.61. The second-order valence-corrected chi connectivity index (χ2v) is 6.44. The van der Waals surface area contributed by atoms with E-state index in [1.54, 1.807) is 24.4 Å². The summed E-state index contributed by atoms with van der Waals surface area (Å²) in [4.78, 5) is 12.5. The number of Topliss-reactive ketones (excluding diaryl/α,β-unsaturated/α-hetero) is 1. The number of hydrogen-bond donors (Lipinski definition) is 0. The summed E-state index contributed by atoms with van der Waals surface area (Å²) < 4.78 is 1.83. The second kappa shape index (κ2) is 7.38. The van der Waals surface area contributed by atoms with E-state index in [0.29, 0.717) is 22.8 Å². The van der Waals surface area contributed by atoms with E-state index in [9.17, 15) is 10.1 Å². The predicted octanol–water partition coefficient (Wildman–Crippen LogP) is 4.80. The van der Waals surface area contributed by atoms with Crippen LogP contribution in [0, 0.1) is 18.3 Å². The van der Waals surface area contributed by atoms with Gasteiger partial charge in [0.05, 0.1) is 0 Å². The maximum Gasteiger partial charge on any atom is 0.168 e. The molecule has 0 saturated heterocycles. The highest BCUT2D eigenvalue weighted by Gasteiger charge is 2.13. The van der Waals surface area contributed by atoms with Crippen molar-refractivity contribution in [1.82, 2.24) is 4.57 Å². The number of carbonyl (C=O) groups excluding carboxylic acids is 1. The van der Waals surface area contributed by atoms with Crippen LogP contribution >= 0.6 is 11.6 Å². The molecule has 0 fully saturated rings. The Morgan fingerprint density at radius 1 is 1.16 bits per heavy atom. The zero-order valence-electron chi connectivity index (χ0n) is 13.9. The summed E-state index contributed by atoms with van der Waals surface area (Å²) in [7, 11) is 0. The molecule has 0 aliphatic heterocycles. The Morgan fingerprint density at radius 3 is 2.56 bits per heavy atom. The quantitative estimate of drug-likeness (QED) is 0.622. The third-order valence-corrected chi connectivity index (χ3v) is 4.46. The Balaban J connectivity index is 1.82. The van der Waals surface area contributed by atoms with E-state index in [2.05, 4.69) is 6.07 Å². The fourth-order valence-electron chi connectivity index (χ4n) is 2.75. The molecule has 0 bridgehead atoms. The Kier molecular flexibility index (Phi) is 5.02. The Morgan fingerprint density at radius 2 is 1.88 bits per heavy atom. The minimum Gasteiger partial charge on any atom is -0.334 e. The molecule has 3 nitrogen and oxygen atoms in total. The number of aryl methyl sites for hydroxylation is 1. The standard InChI is InChI=1S/C21H17ClN2O/c1-15-4-2-3-5-17(15)13-24-14-18(11-20(24)12-23)21(25)10-16-6-8-19(22)9-7-16/h2-9,11,14H,10,13H2,1H3. The number of rotatable bonds is 5. The zero-order chi connectivity index (χ0) is 17.8. The lowest BCUT2D eigenvalue weighted by molar-refractivity contribution is 0.0993. The van der Waals surface area contributed by atoms with Crippen molar-refractivity contribution in [3.63, 3.8) is 0 Å². The summed E-state index contributed by atoms with van der Waals surface area (Å²) in [5.41, 5.74) is 4.24. The van der Waals surface area contributed by atoms with Crippen molar-refractivity contribution in [1.29, 1.82) is 5.26 Å². The van der Waals surface area contributed by atoms with Gasteiger partial charge in [-0.15, -0.1) is 0 Å². The van der Waals surface area contributed by atoms with Crippen molar-refractivity contribution < 1.29 is 4.79 Å². The number of halogens is 1. The lowest BCUT2D eigenvalue weighted by Gasteiger charge is -2.07. The van der Waals surface area contributed by atoms with Crippen LogP contribution < -0.4 is 0 Å². The average molecular weight is 349 g/mol. The number of nitrogens with zero attached hydrogens (tertiary/aromatic N) is 2. The third-order valence-electron chi connectivity index (χ3n) is 4.21. The van der Waals surface area contributed by atoms with Crippen molar-refractivity contribution in [3.8, 4) is 6.07 Å². The number of benzene rings is 2. The molecule has 4 heteroatoms. The van der Waals surface area contributed by atoms with Crippen molar-refractivity contribution >= 4 is 17.4 Å². The summed E-state index contributed by atoms with van der Waals surface area (Å²) in [6.07, 6.45) is 2.06. The highest BCUT2D eigenvalue weighted by Crippen LogP contribution is 2.17. The van der Waals surface area contributed by atoms with Crippen molar-refractivity contribution in [2.45, 2.75) is 19.9 Å². The molecule has 0 unspecified atom stereocenters. The molecule has 0 amide bonds. The number of hydrogen-bond acceptors (Lipinski definition) is 2. The minimum absolute atomic E-state index is 0.0117. The number of carbonyl (C=O) groups is 1. The SMILES string of the molecule is Cc1ccccc1Cn1cc(C(=O)Cc2ccc(Cl)cc2)cc1C#N. The molecule has 1 heterocycles. The minimum atomic E-state index is -0.0117. The van der Waals surface area contributed by atoms with Crippen LogP contribution in [0.5, 0.6) is 0 Å². The van der Waals surface area contributed by atoms with E-state index in [-0.39, 0.29) is 12.2 Å². The highest BCUT2D eigenvalue weighted by atomic mass is 35.5. The molecular weight excluding hydrogens is 332 g/mol. The molecule has 0 saturated carbocycles. The van der Waals surface area contributed by atoms with Gasteiger partial charge in [-0.1, -0.05) is 48.0 Å². The maximum absolute atomic E-state index is 12.5. The van der Waals surface area contributed by atoms with E-state index in [1.807, 2.05) is 47.9 Å². The second-order valence-electron chi connectivity index (χ2n) is 6.01. The van der Waals surface area contributed by atoms with Crippen LogP contribution in [0.3, 0.4) is 0 Å². The van der Waals surface area contributed by atoms with E-state index in [0.717, 1.165) is 16.7 Å². The molecule has 0 spiro atoms. The van der Waals surface area contributed by atoms with Crippen LogP contribution in [0.4, 0.5) is 0 Å². The topological polar surface area (TPSA) is 45.8 Å². The monoisotopic (exact) mass is 348 g/mol. The number of aromatic nitrogens is 1. The molecule has 0 radical (unpaired) electrons. The number of nitriles is 1. The predicted molar refractivity (Wildman–Crippen MR) is 98.9 cm³/mol. The molecule has 3 aromatic rings. The van der Waals surface area contributed by atoms with E-state index < -0.39 is 0 Å². The molecule has 3 rings (SSSR count). The zero-order valence-corrected chi connectivity index (χ0v) is 14.6.